The number of hydrogen-bond donors (Lipinski definition) is 2. The van der Waals surface area contributed by atoms with Crippen molar-refractivity contribution in [2.45, 2.75) is 57.8 Å². The molecule has 100 valence electrons. The maximum Gasteiger partial charge on any atom is 0.407 e. The monoisotopic (exact) mass is 244 g/mol. The summed E-state index contributed by atoms with van der Waals surface area (Å²) in [6.45, 7) is 6.93. The van der Waals surface area contributed by atoms with Crippen molar-refractivity contribution in [2.75, 3.05) is 13.2 Å². The smallest absolute Gasteiger partial charge is 0.407 e. The number of alkyl carbamates (subject to hydrolysis) is 1. The second kappa shape index (κ2) is 6.21. The van der Waals surface area contributed by atoms with Gasteiger partial charge in [-0.3, -0.25) is 0 Å². The number of hydrogen-bond acceptors (Lipinski definition) is 4. The zero-order chi connectivity index (χ0) is 12.9. The van der Waals surface area contributed by atoms with E-state index in [2.05, 4.69) is 5.32 Å². The molecule has 0 saturated heterocycles. The molecule has 0 aliphatic heterocycles. The quantitative estimate of drug-likeness (QED) is 0.717. The fourth-order valence-electron chi connectivity index (χ4n) is 1.63. The fourth-order valence-corrected chi connectivity index (χ4v) is 1.63. The highest BCUT2D eigenvalue weighted by Crippen LogP contribution is 2.23. The molecule has 0 radical (unpaired) electrons. The minimum Gasteiger partial charge on any atom is -0.444 e. The van der Waals surface area contributed by atoms with Crippen LogP contribution in [0.1, 0.15) is 40.0 Å². The molecule has 0 bridgehead atoms. The molecule has 1 fully saturated rings. The zero-order valence-corrected chi connectivity index (χ0v) is 11.0. The molecule has 0 spiro atoms. The third-order valence-electron chi connectivity index (χ3n) is 2.52. The minimum atomic E-state index is -0.440. The second-order valence-corrected chi connectivity index (χ2v) is 5.45. The van der Waals surface area contributed by atoms with E-state index in [1.165, 1.54) is 0 Å². The van der Waals surface area contributed by atoms with Gasteiger partial charge < -0.3 is 20.5 Å². The van der Waals surface area contributed by atoms with Gasteiger partial charge in [0.25, 0.3) is 0 Å². The lowest BCUT2D eigenvalue weighted by atomic mass is 9.89. The predicted octanol–water partition coefficient (Wildman–Crippen LogP) is 1.41. The summed E-state index contributed by atoms with van der Waals surface area (Å²) in [6, 6.07) is 0.188. The minimum absolute atomic E-state index is 0.188. The van der Waals surface area contributed by atoms with E-state index in [4.69, 9.17) is 15.2 Å². The van der Waals surface area contributed by atoms with E-state index in [1.54, 1.807) is 0 Å². The molecule has 1 aliphatic carbocycles. The Morgan fingerprint density at radius 1 is 1.41 bits per heavy atom. The fraction of sp³-hybridized carbons (Fsp3) is 0.917. The van der Waals surface area contributed by atoms with E-state index in [0.29, 0.717) is 13.2 Å². The number of carbonyl (C=O) groups excluding carboxylic acids is 1. The summed E-state index contributed by atoms with van der Waals surface area (Å²) in [7, 11) is 0. The molecule has 0 atom stereocenters. The third-order valence-corrected chi connectivity index (χ3v) is 2.52. The number of nitrogens with two attached hydrogens (primary N) is 1. The summed E-state index contributed by atoms with van der Waals surface area (Å²) >= 11 is 0. The Hall–Kier alpha value is -0.810. The largest absolute Gasteiger partial charge is 0.444 e. The molecule has 0 unspecified atom stereocenters. The van der Waals surface area contributed by atoms with E-state index in [1.807, 2.05) is 20.8 Å². The van der Waals surface area contributed by atoms with Crippen LogP contribution in [0.4, 0.5) is 4.79 Å². The van der Waals surface area contributed by atoms with Crippen molar-refractivity contribution in [1.29, 1.82) is 0 Å². The first-order chi connectivity index (χ1) is 7.90. The van der Waals surface area contributed by atoms with Crippen LogP contribution in [0.3, 0.4) is 0 Å². The average Bonchev–Trinajstić information content (AvgIpc) is 2.10. The number of ether oxygens (including phenoxy) is 2. The van der Waals surface area contributed by atoms with Gasteiger partial charge >= 0.3 is 6.09 Å². The van der Waals surface area contributed by atoms with Crippen LogP contribution in [-0.2, 0) is 9.47 Å². The van der Waals surface area contributed by atoms with Crippen LogP contribution in [-0.4, -0.2) is 37.0 Å². The Morgan fingerprint density at radius 2 is 2.06 bits per heavy atom. The first-order valence-corrected chi connectivity index (χ1v) is 6.22. The molecule has 1 amide bonds. The van der Waals surface area contributed by atoms with Gasteiger partial charge in [0.1, 0.15) is 5.60 Å². The number of amides is 1. The Kier molecular flexibility index (Phi) is 5.21. The van der Waals surface area contributed by atoms with Crippen LogP contribution >= 0.6 is 0 Å². The normalized spacial score (nSPS) is 24.0. The van der Waals surface area contributed by atoms with Crippen molar-refractivity contribution in [2.24, 2.45) is 5.73 Å². The van der Waals surface area contributed by atoms with Crippen molar-refractivity contribution < 1.29 is 14.3 Å². The molecule has 5 nitrogen and oxygen atoms in total. The lowest BCUT2D eigenvalue weighted by molar-refractivity contribution is -0.0200. The van der Waals surface area contributed by atoms with Crippen molar-refractivity contribution in [3.05, 3.63) is 0 Å². The van der Waals surface area contributed by atoms with E-state index in [0.717, 1.165) is 19.3 Å². The Labute approximate surface area is 103 Å². The molecule has 17 heavy (non-hydrogen) atoms. The highest BCUT2D eigenvalue weighted by molar-refractivity contribution is 5.68. The number of nitrogens with one attached hydrogen (secondary N) is 1. The van der Waals surface area contributed by atoms with Gasteiger partial charge in [0.2, 0.25) is 0 Å². The summed E-state index contributed by atoms with van der Waals surface area (Å²) in [5.74, 6) is 0. The highest BCUT2D eigenvalue weighted by atomic mass is 16.6. The summed E-state index contributed by atoms with van der Waals surface area (Å²) in [6.07, 6.45) is 2.54. The summed E-state index contributed by atoms with van der Waals surface area (Å²) < 4.78 is 10.7. The SMILES string of the molecule is CC(C)(C)OC(=O)NC1CC(OCCCN)C1. The summed E-state index contributed by atoms with van der Waals surface area (Å²) in [5, 5.41) is 2.83. The Balaban J connectivity index is 2.07. The lowest BCUT2D eigenvalue weighted by Crippen LogP contribution is -2.49. The average molecular weight is 244 g/mol. The van der Waals surface area contributed by atoms with Crippen molar-refractivity contribution in [3.63, 3.8) is 0 Å². The molecule has 0 aromatic heterocycles. The van der Waals surface area contributed by atoms with E-state index in [-0.39, 0.29) is 18.2 Å². The first-order valence-electron chi connectivity index (χ1n) is 6.22. The van der Waals surface area contributed by atoms with E-state index < -0.39 is 5.60 Å². The molecular formula is C12H24N2O3. The summed E-state index contributed by atoms with van der Waals surface area (Å²) in [4.78, 5) is 11.4. The molecule has 3 N–H and O–H groups in total. The second-order valence-electron chi connectivity index (χ2n) is 5.45. The van der Waals surface area contributed by atoms with Crippen LogP contribution in [0.5, 0.6) is 0 Å². The van der Waals surface area contributed by atoms with Crippen molar-refractivity contribution in [1.82, 2.24) is 5.32 Å². The standard InChI is InChI=1S/C12H24N2O3/c1-12(2,3)17-11(15)14-9-7-10(8-9)16-6-4-5-13/h9-10H,4-8,13H2,1-3H3,(H,14,15). The Morgan fingerprint density at radius 3 is 2.59 bits per heavy atom. The molecule has 1 rings (SSSR count). The molecule has 1 aliphatic rings. The molecular weight excluding hydrogens is 220 g/mol. The number of rotatable bonds is 5. The van der Waals surface area contributed by atoms with Gasteiger partial charge in [-0.25, -0.2) is 4.79 Å². The molecule has 0 aromatic rings. The molecule has 0 aromatic carbocycles. The number of carbonyl (C=O) groups is 1. The lowest BCUT2D eigenvalue weighted by Gasteiger charge is -2.35. The van der Waals surface area contributed by atoms with Crippen LogP contribution in [0.15, 0.2) is 0 Å². The third kappa shape index (κ3) is 5.89. The van der Waals surface area contributed by atoms with Crippen LogP contribution < -0.4 is 11.1 Å². The van der Waals surface area contributed by atoms with Crippen LogP contribution in [0.25, 0.3) is 0 Å². The van der Waals surface area contributed by atoms with Gasteiger partial charge in [-0.1, -0.05) is 0 Å². The first kappa shape index (κ1) is 14.3. The highest BCUT2D eigenvalue weighted by Gasteiger charge is 2.32. The predicted molar refractivity (Wildman–Crippen MR) is 65.8 cm³/mol. The molecule has 1 saturated carbocycles. The molecule has 0 heterocycles. The van der Waals surface area contributed by atoms with Crippen molar-refractivity contribution in [3.8, 4) is 0 Å². The van der Waals surface area contributed by atoms with Gasteiger partial charge in [0.05, 0.1) is 6.10 Å². The van der Waals surface area contributed by atoms with Gasteiger partial charge in [0.15, 0.2) is 0 Å². The van der Waals surface area contributed by atoms with Gasteiger partial charge in [-0.05, 0) is 46.6 Å². The van der Waals surface area contributed by atoms with Gasteiger partial charge in [-0.15, -0.1) is 0 Å². The van der Waals surface area contributed by atoms with Gasteiger partial charge in [0, 0.05) is 12.6 Å². The summed E-state index contributed by atoms with van der Waals surface area (Å²) in [5.41, 5.74) is 4.93. The van der Waals surface area contributed by atoms with Gasteiger partial charge in [-0.2, -0.15) is 0 Å². The van der Waals surface area contributed by atoms with Crippen LogP contribution in [0.2, 0.25) is 0 Å². The van der Waals surface area contributed by atoms with Crippen molar-refractivity contribution >= 4 is 6.09 Å². The zero-order valence-electron chi connectivity index (χ0n) is 11.0. The topological polar surface area (TPSA) is 73.6 Å². The maximum absolute atomic E-state index is 11.4. The van der Waals surface area contributed by atoms with Crippen LogP contribution in [0, 0.1) is 0 Å². The Bertz CT molecular complexity index is 245. The van der Waals surface area contributed by atoms with E-state index >= 15 is 0 Å². The van der Waals surface area contributed by atoms with E-state index in [9.17, 15) is 4.79 Å². The maximum atomic E-state index is 11.4. The molecule has 5 heteroatoms.